The van der Waals surface area contributed by atoms with Crippen molar-refractivity contribution >= 4 is 22.8 Å². The van der Waals surface area contributed by atoms with Crippen LogP contribution in [0, 0.1) is 0 Å². The van der Waals surface area contributed by atoms with Crippen LogP contribution in [0.4, 0.5) is 0 Å². The summed E-state index contributed by atoms with van der Waals surface area (Å²) >= 11 is 0. The second-order valence-corrected chi connectivity index (χ2v) is 7.01. The van der Waals surface area contributed by atoms with Crippen LogP contribution in [0.5, 0.6) is 5.75 Å². The smallest absolute Gasteiger partial charge is 0.352 e. The Bertz CT molecular complexity index is 1250. The van der Waals surface area contributed by atoms with E-state index in [1.54, 1.807) is 25.4 Å². The summed E-state index contributed by atoms with van der Waals surface area (Å²) in [5, 5.41) is 13.2. The lowest BCUT2D eigenvalue weighted by molar-refractivity contribution is -0.121. The standard InChI is InChI=1S/C24H21N3O4/c1-31-18-9-5-8-17(12-18)23-19-13-21(24(29)30)27(20(19)10-11-25-23)15-22(28)26-14-16-6-3-2-4-7-16/h2-13H,14-15H2,1H3,(H,26,28)(H,29,30). The van der Waals surface area contributed by atoms with E-state index < -0.39 is 5.97 Å². The van der Waals surface area contributed by atoms with Gasteiger partial charge in [-0.05, 0) is 29.8 Å². The van der Waals surface area contributed by atoms with Crippen molar-refractivity contribution in [2.24, 2.45) is 0 Å². The fourth-order valence-corrected chi connectivity index (χ4v) is 3.53. The number of rotatable bonds is 7. The number of hydrogen-bond acceptors (Lipinski definition) is 4. The zero-order valence-electron chi connectivity index (χ0n) is 16.9. The topological polar surface area (TPSA) is 93.4 Å². The normalized spacial score (nSPS) is 10.7. The summed E-state index contributed by atoms with van der Waals surface area (Å²) in [5.74, 6) is -0.707. The molecule has 7 heteroatoms. The molecule has 0 fully saturated rings. The lowest BCUT2D eigenvalue weighted by atomic mass is 10.1. The molecule has 0 radical (unpaired) electrons. The molecule has 0 unspecified atom stereocenters. The van der Waals surface area contributed by atoms with Gasteiger partial charge in [0.1, 0.15) is 18.0 Å². The number of carboxylic acids is 1. The highest BCUT2D eigenvalue weighted by Crippen LogP contribution is 2.31. The van der Waals surface area contributed by atoms with Crippen molar-refractivity contribution in [2.75, 3.05) is 7.11 Å². The summed E-state index contributed by atoms with van der Waals surface area (Å²) < 4.78 is 6.79. The van der Waals surface area contributed by atoms with Gasteiger partial charge in [-0.3, -0.25) is 9.78 Å². The Morgan fingerprint density at radius 1 is 1.06 bits per heavy atom. The van der Waals surface area contributed by atoms with Gasteiger partial charge in [0.05, 0.1) is 18.3 Å². The number of carboxylic acid groups (broad SMARTS) is 1. The monoisotopic (exact) mass is 415 g/mol. The van der Waals surface area contributed by atoms with Gasteiger partial charge in [-0.25, -0.2) is 4.79 Å². The van der Waals surface area contributed by atoms with Gasteiger partial charge < -0.3 is 19.7 Å². The van der Waals surface area contributed by atoms with E-state index >= 15 is 0 Å². The minimum absolute atomic E-state index is 0.0296. The summed E-state index contributed by atoms with van der Waals surface area (Å²) in [7, 11) is 1.58. The van der Waals surface area contributed by atoms with Gasteiger partial charge in [0.2, 0.25) is 5.91 Å². The lowest BCUT2D eigenvalue weighted by Crippen LogP contribution is -2.28. The zero-order chi connectivity index (χ0) is 21.8. The first-order valence-corrected chi connectivity index (χ1v) is 9.73. The SMILES string of the molecule is COc1cccc(-c2nccc3c2cc(C(=O)O)n3CC(=O)NCc2ccccc2)c1. The largest absolute Gasteiger partial charge is 0.497 e. The molecule has 2 heterocycles. The average Bonchev–Trinajstić information content (AvgIpc) is 3.17. The number of methoxy groups -OCH3 is 1. The highest BCUT2D eigenvalue weighted by molar-refractivity contribution is 6.01. The molecule has 0 saturated carbocycles. The molecule has 0 bridgehead atoms. The third kappa shape index (κ3) is 4.25. The fourth-order valence-electron chi connectivity index (χ4n) is 3.53. The number of benzene rings is 2. The number of carbonyl (C=O) groups excluding carboxylic acids is 1. The maximum Gasteiger partial charge on any atom is 0.352 e. The van der Waals surface area contributed by atoms with Crippen molar-refractivity contribution < 1.29 is 19.4 Å². The van der Waals surface area contributed by atoms with Crippen molar-refractivity contribution in [2.45, 2.75) is 13.1 Å². The molecule has 2 aromatic carbocycles. The molecular formula is C24H21N3O4. The predicted octanol–water partition coefficient (Wildman–Crippen LogP) is 3.73. The third-order valence-corrected chi connectivity index (χ3v) is 5.03. The summed E-state index contributed by atoms with van der Waals surface area (Å²) in [6, 6.07) is 20.2. The average molecular weight is 415 g/mol. The van der Waals surface area contributed by atoms with E-state index in [4.69, 9.17) is 4.74 Å². The van der Waals surface area contributed by atoms with Crippen LogP contribution in [-0.2, 0) is 17.9 Å². The molecule has 4 rings (SSSR count). The highest BCUT2D eigenvalue weighted by Gasteiger charge is 2.20. The van der Waals surface area contributed by atoms with Crippen molar-refractivity contribution in [3.05, 3.63) is 84.2 Å². The van der Waals surface area contributed by atoms with Crippen molar-refractivity contribution in [3.63, 3.8) is 0 Å². The first kappa shape index (κ1) is 20.2. The van der Waals surface area contributed by atoms with E-state index in [9.17, 15) is 14.7 Å². The molecule has 0 saturated heterocycles. The molecule has 0 aliphatic rings. The van der Waals surface area contributed by atoms with Crippen molar-refractivity contribution in [1.29, 1.82) is 0 Å². The number of fused-ring (bicyclic) bond motifs is 1. The molecule has 0 spiro atoms. The maximum atomic E-state index is 12.6. The van der Waals surface area contributed by atoms with Gasteiger partial charge in [-0.2, -0.15) is 0 Å². The Hall–Kier alpha value is -4.13. The molecule has 1 amide bonds. The molecule has 4 aromatic rings. The van der Waals surface area contributed by atoms with Crippen LogP contribution in [0.2, 0.25) is 0 Å². The number of hydrogen-bond donors (Lipinski definition) is 2. The summed E-state index contributed by atoms with van der Waals surface area (Å²) in [6.45, 7) is 0.261. The lowest BCUT2D eigenvalue weighted by Gasteiger charge is -2.10. The van der Waals surface area contributed by atoms with Crippen molar-refractivity contribution in [3.8, 4) is 17.0 Å². The fraction of sp³-hybridized carbons (Fsp3) is 0.125. The Labute approximate surface area is 178 Å². The first-order chi connectivity index (χ1) is 15.1. The van der Waals surface area contributed by atoms with Gasteiger partial charge in [0, 0.05) is 23.7 Å². The Balaban J connectivity index is 1.69. The minimum atomic E-state index is -1.11. The van der Waals surface area contributed by atoms with Crippen LogP contribution >= 0.6 is 0 Å². The summed E-state index contributed by atoms with van der Waals surface area (Å²) in [5.41, 5.74) is 3.05. The van der Waals surface area contributed by atoms with Crippen molar-refractivity contribution in [1.82, 2.24) is 14.9 Å². The molecule has 2 N–H and O–H groups in total. The van der Waals surface area contributed by atoms with E-state index in [1.807, 2.05) is 54.6 Å². The molecule has 7 nitrogen and oxygen atoms in total. The Morgan fingerprint density at radius 2 is 1.87 bits per heavy atom. The van der Waals surface area contributed by atoms with Gasteiger partial charge in [-0.1, -0.05) is 42.5 Å². The molecule has 156 valence electrons. The quantitative estimate of drug-likeness (QED) is 0.480. The molecule has 2 aromatic heterocycles. The van der Waals surface area contributed by atoms with Crippen LogP contribution in [0.3, 0.4) is 0 Å². The van der Waals surface area contributed by atoms with Crippen LogP contribution < -0.4 is 10.1 Å². The number of carbonyl (C=O) groups is 2. The number of pyridine rings is 1. The highest BCUT2D eigenvalue weighted by atomic mass is 16.5. The van der Waals surface area contributed by atoms with Gasteiger partial charge in [-0.15, -0.1) is 0 Å². The van der Waals surface area contributed by atoms with E-state index in [1.165, 1.54) is 4.57 Å². The van der Waals surface area contributed by atoms with E-state index in [0.717, 1.165) is 11.1 Å². The zero-order valence-corrected chi connectivity index (χ0v) is 16.9. The molecule has 0 atom stereocenters. The van der Waals surface area contributed by atoms with Crippen LogP contribution in [0.25, 0.3) is 22.2 Å². The molecule has 0 aliphatic heterocycles. The van der Waals surface area contributed by atoms with Gasteiger partial charge >= 0.3 is 5.97 Å². The third-order valence-electron chi connectivity index (χ3n) is 5.03. The number of nitrogens with zero attached hydrogens (tertiary/aromatic N) is 2. The van der Waals surface area contributed by atoms with E-state index in [2.05, 4.69) is 10.3 Å². The molecular weight excluding hydrogens is 394 g/mol. The van der Waals surface area contributed by atoms with Crippen LogP contribution in [-0.4, -0.2) is 33.6 Å². The predicted molar refractivity (Wildman–Crippen MR) is 117 cm³/mol. The summed E-state index contributed by atoms with van der Waals surface area (Å²) in [6.07, 6.45) is 1.61. The van der Waals surface area contributed by atoms with E-state index in [0.29, 0.717) is 28.9 Å². The molecule has 31 heavy (non-hydrogen) atoms. The first-order valence-electron chi connectivity index (χ1n) is 9.73. The maximum absolute atomic E-state index is 12.6. The number of amides is 1. The number of nitrogens with one attached hydrogen (secondary N) is 1. The van der Waals surface area contributed by atoms with Gasteiger partial charge in [0.25, 0.3) is 0 Å². The second-order valence-electron chi connectivity index (χ2n) is 7.01. The number of ether oxygens (including phenoxy) is 1. The minimum Gasteiger partial charge on any atom is -0.497 e. The molecule has 0 aliphatic carbocycles. The second kappa shape index (κ2) is 8.71. The Morgan fingerprint density at radius 3 is 2.61 bits per heavy atom. The number of aromatic carboxylic acids is 1. The van der Waals surface area contributed by atoms with Crippen LogP contribution in [0.1, 0.15) is 16.1 Å². The van der Waals surface area contributed by atoms with Crippen LogP contribution in [0.15, 0.2) is 72.9 Å². The number of aromatic nitrogens is 2. The van der Waals surface area contributed by atoms with Gasteiger partial charge in [0.15, 0.2) is 0 Å². The van der Waals surface area contributed by atoms with E-state index in [-0.39, 0.29) is 18.1 Å². The Kier molecular flexibility index (Phi) is 5.66. The summed E-state index contributed by atoms with van der Waals surface area (Å²) in [4.78, 5) is 29.0.